The number of carbonyl (C=O) groups excluding carboxylic acids is 1. The van der Waals surface area contributed by atoms with Gasteiger partial charge in [-0.2, -0.15) is 0 Å². The van der Waals surface area contributed by atoms with Crippen LogP contribution in [0.25, 0.3) is 0 Å². The Morgan fingerprint density at radius 1 is 1.04 bits per heavy atom. The lowest BCUT2D eigenvalue weighted by molar-refractivity contribution is -0.115. The van der Waals surface area contributed by atoms with Crippen molar-refractivity contribution < 1.29 is 4.79 Å². The lowest BCUT2D eigenvalue weighted by Gasteiger charge is -2.39. The summed E-state index contributed by atoms with van der Waals surface area (Å²) in [7, 11) is 0. The molecule has 1 heterocycles. The lowest BCUT2D eigenvalue weighted by Crippen LogP contribution is -2.48. The second-order valence-electron chi connectivity index (χ2n) is 7.29. The number of piperidine rings is 1. The highest BCUT2D eigenvalue weighted by Crippen LogP contribution is 2.25. The minimum atomic E-state index is 0.131. The van der Waals surface area contributed by atoms with Gasteiger partial charge in [0.15, 0.2) is 0 Å². The van der Waals surface area contributed by atoms with Crippen LogP contribution in [0.15, 0.2) is 72.3 Å². The Kier molecular flexibility index (Phi) is 6.83. The van der Waals surface area contributed by atoms with E-state index in [0.29, 0.717) is 0 Å². The van der Waals surface area contributed by atoms with Crippen LogP contribution in [0.3, 0.4) is 0 Å². The third-order valence-electron chi connectivity index (χ3n) is 5.51. The van der Waals surface area contributed by atoms with Gasteiger partial charge in [0.1, 0.15) is 0 Å². The molecule has 1 saturated heterocycles. The van der Waals surface area contributed by atoms with Crippen molar-refractivity contribution in [2.75, 3.05) is 24.5 Å². The van der Waals surface area contributed by atoms with Gasteiger partial charge in [0.2, 0.25) is 0 Å². The average Bonchev–Trinajstić information content (AvgIpc) is 2.74. The molecule has 0 unspecified atom stereocenters. The number of hydrogen-bond acceptors (Lipinski definition) is 2. The first-order valence-corrected chi connectivity index (χ1v) is 9.97. The van der Waals surface area contributed by atoms with Crippen molar-refractivity contribution >= 4 is 11.6 Å². The Bertz CT molecular complexity index is 746. The third-order valence-corrected chi connectivity index (χ3v) is 5.51. The number of benzene rings is 2. The molecule has 2 aromatic carbocycles. The first-order chi connectivity index (χ1) is 13.2. The van der Waals surface area contributed by atoms with Crippen LogP contribution in [-0.2, 0) is 11.2 Å². The van der Waals surface area contributed by atoms with Crippen LogP contribution in [0.4, 0.5) is 5.69 Å². The molecule has 3 rings (SSSR count). The number of anilines is 1. The molecule has 0 spiro atoms. The number of hydrogen-bond donors (Lipinski definition) is 0. The Morgan fingerprint density at radius 2 is 1.63 bits per heavy atom. The van der Waals surface area contributed by atoms with Crippen LogP contribution >= 0.6 is 0 Å². The van der Waals surface area contributed by atoms with Gasteiger partial charge >= 0.3 is 0 Å². The van der Waals surface area contributed by atoms with Gasteiger partial charge in [-0.1, -0.05) is 54.6 Å². The summed E-state index contributed by atoms with van der Waals surface area (Å²) >= 11 is 0. The summed E-state index contributed by atoms with van der Waals surface area (Å²) in [6.45, 7) is 7.02. The summed E-state index contributed by atoms with van der Waals surface area (Å²) in [5.41, 5.74) is 3.21. The van der Waals surface area contributed by atoms with E-state index in [2.05, 4.69) is 35.2 Å². The number of nitrogens with zero attached hydrogens (tertiary/aromatic N) is 2. The molecule has 0 aromatic heterocycles. The van der Waals surface area contributed by atoms with E-state index in [-0.39, 0.29) is 11.9 Å². The normalized spacial score (nSPS) is 16.3. The van der Waals surface area contributed by atoms with Gasteiger partial charge in [-0.3, -0.25) is 4.79 Å². The minimum absolute atomic E-state index is 0.131. The number of para-hydroxylation sites is 1. The highest BCUT2D eigenvalue weighted by Gasteiger charge is 2.29. The van der Waals surface area contributed by atoms with Crippen LogP contribution in [0, 0.1) is 0 Å². The summed E-state index contributed by atoms with van der Waals surface area (Å²) in [6.07, 6.45) is 5.04. The maximum Gasteiger partial charge on any atom is 0.253 e. The van der Waals surface area contributed by atoms with Gasteiger partial charge in [-0.25, -0.2) is 0 Å². The number of carbonyl (C=O) groups is 1. The van der Waals surface area contributed by atoms with Crippen molar-refractivity contribution in [3.8, 4) is 0 Å². The van der Waals surface area contributed by atoms with Gasteiger partial charge in [-0.15, -0.1) is 0 Å². The highest BCUT2D eigenvalue weighted by molar-refractivity contribution is 6.05. The Balaban J connectivity index is 1.63. The zero-order valence-electron chi connectivity index (χ0n) is 16.5. The van der Waals surface area contributed by atoms with Gasteiger partial charge in [-0.05, 0) is 50.8 Å². The topological polar surface area (TPSA) is 23.6 Å². The molecule has 27 heavy (non-hydrogen) atoms. The quantitative estimate of drug-likeness (QED) is 0.696. The highest BCUT2D eigenvalue weighted by atomic mass is 16.2. The molecule has 2 aromatic rings. The number of rotatable bonds is 6. The molecular weight excluding hydrogens is 332 g/mol. The molecule has 0 saturated carbocycles. The zero-order valence-corrected chi connectivity index (χ0v) is 16.5. The van der Waals surface area contributed by atoms with E-state index in [1.54, 1.807) is 0 Å². The molecular formula is C24H30N2O. The molecule has 0 atom stereocenters. The molecule has 1 aliphatic heterocycles. The van der Waals surface area contributed by atoms with Crippen LogP contribution < -0.4 is 4.90 Å². The maximum absolute atomic E-state index is 13.0. The van der Waals surface area contributed by atoms with Gasteiger partial charge < -0.3 is 9.80 Å². The Hall–Kier alpha value is -2.39. The smallest absolute Gasteiger partial charge is 0.253 e. The monoisotopic (exact) mass is 362 g/mol. The summed E-state index contributed by atoms with van der Waals surface area (Å²) in [4.78, 5) is 17.6. The van der Waals surface area contributed by atoms with Gasteiger partial charge in [0.05, 0.1) is 0 Å². The van der Waals surface area contributed by atoms with E-state index < -0.39 is 0 Å². The van der Waals surface area contributed by atoms with E-state index in [0.717, 1.165) is 50.2 Å². The average molecular weight is 363 g/mol. The first kappa shape index (κ1) is 19.4. The van der Waals surface area contributed by atoms with Crippen LogP contribution in [0.1, 0.15) is 32.3 Å². The van der Waals surface area contributed by atoms with Crippen molar-refractivity contribution in [2.24, 2.45) is 0 Å². The first-order valence-electron chi connectivity index (χ1n) is 9.97. The molecule has 0 aliphatic carbocycles. The molecule has 1 aliphatic rings. The molecule has 0 bridgehead atoms. The Labute approximate surface area is 163 Å². The fourth-order valence-corrected chi connectivity index (χ4v) is 3.73. The minimum Gasteiger partial charge on any atom is -0.306 e. The second-order valence-corrected chi connectivity index (χ2v) is 7.29. The van der Waals surface area contributed by atoms with Crippen molar-refractivity contribution in [1.82, 2.24) is 4.90 Å². The molecule has 3 nitrogen and oxygen atoms in total. The summed E-state index contributed by atoms with van der Waals surface area (Å²) in [5, 5.41) is 0. The zero-order chi connectivity index (χ0) is 19.1. The summed E-state index contributed by atoms with van der Waals surface area (Å²) in [5.74, 6) is 0.131. The fraction of sp³-hybridized carbons (Fsp3) is 0.375. The largest absolute Gasteiger partial charge is 0.306 e. The predicted molar refractivity (Wildman–Crippen MR) is 113 cm³/mol. The van der Waals surface area contributed by atoms with Crippen LogP contribution in [0.2, 0.25) is 0 Å². The van der Waals surface area contributed by atoms with Crippen molar-refractivity contribution in [1.29, 1.82) is 0 Å². The molecule has 142 valence electrons. The van der Waals surface area contributed by atoms with E-state index in [1.165, 1.54) is 5.56 Å². The fourth-order valence-electron chi connectivity index (χ4n) is 3.73. The molecule has 1 amide bonds. The van der Waals surface area contributed by atoms with E-state index in [4.69, 9.17) is 0 Å². The standard InChI is InChI=1S/C24H30N2O/c1-3-20(2)24(27)26(22-12-8-5-9-13-22)23-15-18-25(19-16-23)17-14-21-10-6-4-7-11-21/h3-13,23H,14-19H2,1-2H3. The van der Waals surface area contributed by atoms with Gasteiger partial charge in [0.25, 0.3) is 5.91 Å². The lowest BCUT2D eigenvalue weighted by atomic mass is 10.0. The number of likely N-dealkylation sites (tertiary alicyclic amines) is 1. The molecule has 0 radical (unpaired) electrons. The van der Waals surface area contributed by atoms with E-state index in [1.807, 2.05) is 55.2 Å². The van der Waals surface area contributed by atoms with Crippen LogP contribution in [-0.4, -0.2) is 36.5 Å². The summed E-state index contributed by atoms with van der Waals surface area (Å²) in [6, 6.07) is 21.0. The molecule has 3 heteroatoms. The molecule has 0 N–H and O–H groups in total. The third kappa shape index (κ3) is 5.08. The SMILES string of the molecule is CC=C(C)C(=O)N(c1ccccc1)C1CCN(CCc2ccccc2)CC1. The van der Waals surface area contributed by atoms with Crippen LogP contribution in [0.5, 0.6) is 0 Å². The number of amides is 1. The van der Waals surface area contributed by atoms with Crippen molar-refractivity contribution in [3.63, 3.8) is 0 Å². The van der Waals surface area contributed by atoms with Crippen molar-refractivity contribution in [2.45, 2.75) is 39.2 Å². The van der Waals surface area contributed by atoms with Crippen molar-refractivity contribution in [3.05, 3.63) is 77.9 Å². The Morgan fingerprint density at radius 3 is 2.22 bits per heavy atom. The summed E-state index contributed by atoms with van der Waals surface area (Å²) < 4.78 is 0. The predicted octanol–water partition coefficient (Wildman–Crippen LogP) is 4.69. The van der Waals surface area contributed by atoms with E-state index >= 15 is 0 Å². The maximum atomic E-state index is 13.0. The second kappa shape index (κ2) is 9.52. The van der Waals surface area contributed by atoms with Gasteiger partial charge in [0, 0.05) is 36.9 Å². The van der Waals surface area contributed by atoms with E-state index in [9.17, 15) is 4.79 Å². The molecule has 1 fully saturated rings. The number of allylic oxidation sites excluding steroid dienone is 1.